The molecular weight excluding hydrogens is 733 g/mol. The summed E-state index contributed by atoms with van der Waals surface area (Å²) in [4.78, 5) is 0. The van der Waals surface area contributed by atoms with Gasteiger partial charge in [0.05, 0.1) is 13.1 Å². The van der Waals surface area contributed by atoms with Crippen molar-refractivity contribution in [2.24, 2.45) is 0 Å². The van der Waals surface area contributed by atoms with Crippen LogP contribution in [0.15, 0.2) is 18.7 Å². The van der Waals surface area contributed by atoms with Gasteiger partial charge in [0.2, 0.25) is 6.33 Å². The number of nitrogens with zero attached hydrogens (tertiary/aromatic N) is 2. The third-order valence-corrected chi connectivity index (χ3v) is 6.29. The molecule has 1 aromatic heterocycles. The molecule has 0 aliphatic carbocycles. The Morgan fingerprint density at radius 2 is 0.969 bits per heavy atom. The Kier molecular flexibility index (Phi) is 29.9. The van der Waals surface area contributed by atoms with Gasteiger partial charge in [-0.15, -0.1) is 0 Å². The molecular formula is C27H53I3N2. The first kappa shape index (κ1) is 33.4. The van der Waals surface area contributed by atoms with Crippen LogP contribution in [0, 0.1) is 0 Å². The van der Waals surface area contributed by atoms with Gasteiger partial charge in [-0.2, -0.15) is 0 Å². The second-order valence-corrected chi connectivity index (χ2v) is 25.6. The van der Waals surface area contributed by atoms with Gasteiger partial charge in [-0.1, -0.05) is 117 Å². The Morgan fingerprint density at radius 3 is 1.41 bits per heavy atom. The van der Waals surface area contributed by atoms with Crippen LogP contribution in [0.5, 0.6) is 0 Å². The number of rotatable bonds is 22. The number of aryl methyl sites for hydroxylation is 2. The van der Waals surface area contributed by atoms with Crippen LogP contribution in [-0.4, -0.2) is 4.57 Å². The zero-order valence-corrected chi connectivity index (χ0v) is 27.8. The van der Waals surface area contributed by atoms with Crippen molar-refractivity contribution in [3.63, 3.8) is 0 Å². The summed E-state index contributed by atoms with van der Waals surface area (Å²) in [7, 11) is 0. The molecule has 1 rings (SSSR count). The Morgan fingerprint density at radius 1 is 0.594 bits per heavy atom. The summed E-state index contributed by atoms with van der Waals surface area (Å²) in [5.41, 5.74) is 0. The van der Waals surface area contributed by atoms with Crippen molar-refractivity contribution in [1.82, 2.24) is 4.57 Å². The summed E-state index contributed by atoms with van der Waals surface area (Å²) in [6.07, 6.45) is 35.2. The summed E-state index contributed by atoms with van der Waals surface area (Å²) in [5.74, 6) is 0. The van der Waals surface area contributed by atoms with Crippen molar-refractivity contribution in [3.8, 4) is 0 Å². The van der Waals surface area contributed by atoms with E-state index in [0.717, 1.165) is 0 Å². The average molecular weight is 786 g/mol. The fourth-order valence-electron chi connectivity index (χ4n) is 4.27. The van der Waals surface area contributed by atoms with Gasteiger partial charge in [0, 0.05) is 0 Å². The van der Waals surface area contributed by atoms with E-state index in [9.17, 15) is 0 Å². The molecule has 0 radical (unpaired) electrons. The Labute approximate surface area is 231 Å². The minimum absolute atomic E-state index is 0.530. The van der Waals surface area contributed by atoms with Crippen LogP contribution in [0.4, 0.5) is 0 Å². The molecule has 0 spiro atoms. The van der Waals surface area contributed by atoms with Crippen molar-refractivity contribution in [2.75, 3.05) is 0 Å². The summed E-state index contributed by atoms with van der Waals surface area (Å²) in [6.45, 7) is 6.98. The SMILES string of the molecule is CCCCCCCCCCCCn1cc[n+](CCCCCCCCCCCC)c1.I[I-]I. The van der Waals surface area contributed by atoms with E-state index in [1.54, 1.807) is 0 Å². The van der Waals surface area contributed by atoms with Crippen LogP contribution in [0.25, 0.3) is 0 Å². The third kappa shape index (κ3) is 24.5. The summed E-state index contributed by atoms with van der Waals surface area (Å²) < 4.78 is 4.78. The monoisotopic (exact) mass is 786 g/mol. The van der Waals surface area contributed by atoms with Crippen molar-refractivity contribution in [1.29, 1.82) is 0 Å². The van der Waals surface area contributed by atoms with Gasteiger partial charge in [-0.05, 0) is 25.7 Å². The zero-order valence-electron chi connectivity index (χ0n) is 21.3. The van der Waals surface area contributed by atoms with Crippen molar-refractivity contribution in [3.05, 3.63) is 18.7 Å². The van der Waals surface area contributed by atoms with Gasteiger partial charge in [0.25, 0.3) is 0 Å². The van der Waals surface area contributed by atoms with Gasteiger partial charge in [-0.3, -0.25) is 0 Å². The molecule has 5 heteroatoms. The first-order valence-corrected chi connectivity index (χ1v) is 26.3. The Bertz CT molecular complexity index is 427. The molecule has 2 nitrogen and oxygen atoms in total. The second-order valence-electron chi connectivity index (χ2n) is 9.31. The van der Waals surface area contributed by atoms with Crippen LogP contribution in [-0.2, 0) is 13.1 Å². The normalized spacial score (nSPS) is 11.0. The standard InChI is InChI=1S/C27H53N2.I3/c1-3-5-7-9-11-13-15-17-19-21-23-28-25-26-29(27-28)24-22-20-18-16-14-12-10-8-6-4-2;1-3-2/h25-27H,3-24H2,1-2H3;/q+1;-1. The Balaban J connectivity index is 0.00000302. The molecule has 0 bridgehead atoms. The molecule has 1 heterocycles. The van der Waals surface area contributed by atoms with E-state index in [1.165, 1.54) is 142 Å². The summed E-state index contributed by atoms with van der Waals surface area (Å²) in [5, 5.41) is 0. The number of imidazole rings is 1. The molecule has 0 amide bonds. The van der Waals surface area contributed by atoms with E-state index < -0.39 is 0 Å². The molecule has 0 saturated heterocycles. The quantitative estimate of drug-likeness (QED) is 0.0660. The van der Waals surface area contributed by atoms with E-state index in [1.807, 2.05) is 0 Å². The third-order valence-electron chi connectivity index (χ3n) is 6.29. The topological polar surface area (TPSA) is 8.81 Å². The Hall–Kier alpha value is 1.40. The predicted molar refractivity (Wildman–Crippen MR) is 156 cm³/mol. The van der Waals surface area contributed by atoms with E-state index >= 15 is 0 Å². The van der Waals surface area contributed by atoms with Crippen LogP contribution < -0.4 is 17.8 Å². The summed E-state index contributed by atoms with van der Waals surface area (Å²) >= 11 is 5.30. The summed E-state index contributed by atoms with van der Waals surface area (Å²) in [6, 6.07) is 0. The maximum absolute atomic E-state index is 2.39. The van der Waals surface area contributed by atoms with Gasteiger partial charge >= 0.3 is 50.5 Å². The number of halogens is 3. The first-order chi connectivity index (χ1) is 15.8. The molecule has 0 aliphatic rings. The average Bonchev–Trinajstić information content (AvgIpc) is 3.24. The molecule has 192 valence electrons. The van der Waals surface area contributed by atoms with Crippen LogP contribution in [0.3, 0.4) is 0 Å². The number of hydrogen-bond acceptors (Lipinski definition) is 0. The maximum atomic E-state index is 2.39. The molecule has 0 N–H and O–H groups in total. The predicted octanol–water partition coefficient (Wildman–Crippen LogP) is 7.39. The van der Waals surface area contributed by atoms with Gasteiger partial charge in [0.1, 0.15) is 12.4 Å². The van der Waals surface area contributed by atoms with Gasteiger partial charge < -0.3 is 0 Å². The number of unbranched alkanes of at least 4 members (excludes halogenated alkanes) is 18. The van der Waals surface area contributed by atoms with Crippen molar-refractivity contribution < 1.29 is 17.8 Å². The molecule has 0 aromatic carbocycles. The van der Waals surface area contributed by atoms with E-state index in [2.05, 4.69) is 78.9 Å². The van der Waals surface area contributed by atoms with Crippen LogP contribution in [0.2, 0.25) is 0 Å². The van der Waals surface area contributed by atoms with Crippen LogP contribution >= 0.6 is 37.2 Å². The molecule has 0 unspecified atom stereocenters. The molecule has 1 aromatic rings. The molecule has 0 saturated carbocycles. The zero-order chi connectivity index (χ0) is 23.5. The van der Waals surface area contributed by atoms with Crippen LogP contribution in [0.1, 0.15) is 142 Å². The molecule has 0 fully saturated rings. The fraction of sp³-hybridized carbons (Fsp3) is 0.889. The minimum atomic E-state index is 0.530. The van der Waals surface area contributed by atoms with E-state index in [0.29, 0.717) is 13.3 Å². The molecule has 0 aliphatic heterocycles. The van der Waals surface area contributed by atoms with E-state index in [4.69, 9.17) is 0 Å². The molecule has 32 heavy (non-hydrogen) atoms. The van der Waals surface area contributed by atoms with Crippen molar-refractivity contribution in [2.45, 2.75) is 155 Å². The first-order valence-electron chi connectivity index (χ1n) is 13.7. The van der Waals surface area contributed by atoms with Gasteiger partial charge in [-0.25, -0.2) is 9.13 Å². The van der Waals surface area contributed by atoms with Crippen molar-refractivity contribution >= 4 is 37.2 Å². The van der Waals surface area contributed by atoms with Gasteiger partial charge in [0.15, 0.2) is 0 Å². The van der Waals surface area contributed by atoms with E-state index in [-0.39, 0.29) is 0 Å². The fourth-order valence-corrected chi connectivity index (χ4v) is 4.27. The molecule has 0 atom stereocenters. The second kappa shape index (κ2) is 28.6. The number of aromatic nitrogens is 2. The number of hydrogen-bond donors (Lipinski definition) is 0.